The lowest BCUT2D eigenvalue weighted by Gasteiger charge is -2.13. The van der Waals surface area contributed by atoms with E-state index in [1.165, 1.54) is 6.92 Å². The van der Waals surface area contributed by atoms with Gasteiger partial charge in [0.1, 0.15) is 0 Å². The van der Waals surface area contributed by atoms with E-state index < -0.39 is 0 Å². The number of aliphatic hydroxyl groups excluding tert-OH is 1. The average Bonchev–Trinajstić information content (AvgIpc) is 2.97. The molecule has 0 saturated heterocycles. The molecule has 1 amide bonds. The van der Waals surface area contributed by atoms with E-state index in [-0.39, 0.29) is 17.9 Å². The van der Waals surface area contributed by atoms with E-state index in [1.807, 2.05) is 24.3 Å². The molecule has 1 aromatic carbocycles. The maximum absolute atomic E-state index is 10.9. The van der Waals surface area contributed by atoms with Crippen molar-refractivity contribution in [1.82, 2.24) is 0 Å². The zero-order chi connectivity index (χ0) is 10.9. The highest BCUT2D eigenvalue weighted by Crippen LogP contribution is 2.48. The summed E-state index contributed by atoms with van der Waals surface area (Å²) in [5.41, 5.74) is 1.89. The molecular formula is C12H15NO2. The monoisotopic (exact) mass is 205 g/mol. The molecule has 15 heavy (non-hydrogen) atoms. The third-order valence-corrected chi connectivity index (χ3v) is 2.95. The van der Waals surface area contributed by atoms with Gasteiger partial charge in [-0.05, 0) is 30.5 Å². The Morgan fingerprint density at radius 2 is 2.27 bits per heavy atom. The van der Waals surface area contributed by atoms with Crippen LogP contribution in [0.5, 0.6) is 0 Å². The second-order valence-corrected chi connectivity index (χ2v) is 4.20. The van der Waals surface area contributed by atoms with Gasteiger partial charge in [-0.1, -0.05) is 12.1 Å². The number of amides is 1. The van der Waals surface area contributed by atoms with Crippen LogP contribution in [0.2, 0.25) is 0 Å². The topological polar surface area (TPSA) is 49.3 Å². The van der Waals surface area contributed by atoms with Crippen molar-refractivity contribution in [3.8, 4) is 0 Å². The Labute approximate surface area is 89.1 Å². The standard InChI is InChI=1S/C12H15NO2/c1-9(15)13-11-4-2-3-10(7-11)12(8-14)5-6-12/h2-4,7,14H,5-6,8H2,1H3,(H,13,15). The highest BCUT2D eigenvalue weighted by Gasteiger charge is 2.43. The minimum atomic E-state index is -0.0685. The summed E-state index contributed by atoms with van der Waals surface area (Å²) < 4.78 is 0. The minimum absolute atomic E-state index is 0.0333. The molecule has 80 valence electrons. The lowest BCUT2D eigenvalue weighted by Crippen LogP contribution is -2.13. The molecule has 0 unspecified atom stereocenters. The number of carbonyl (C=O) groups is 1. The predicted octanol–water partition coefficient (Wildman–Crippen LogP) is 1.67. The Kier molecular flexibility index (Phi) is 2.49. The Morgan fingerprint density at radius 3 is 2.80 bits per heavy atom. The lowest BCUT2D eigenvalue weighted by atomic mass is 9.96. The summed E-state index contributed by atoms with van der Waals surface area (Å²) in [6.45, 7) is 1.68. The van der Waals surface area contributed by atoms with Crippen LogP contribution in [0.15, 0.2) is 24.3 Å². The first kappa shape index (κ1) is 10.2. The SMILES string of the molecule is CC(=O)Nc1cccc(C2(CO)CC2)c1. The highest BCUT2D eigenvalue weighted by molar-refractivity contribution is 5.88. The van der Waals surface area contributed by atoms with Crippen LogP contribution in [-0.2, 0) is 10.2 Å². The molecule has 2 N–H and O–H groups in total. The average molecular weight is 205 g/mol. The van der Waals surface area contributed by atoms with Crippen LogP contribution in [0.3, 0.4) is 0 Å². The van der Waals surface area contributed by atoms with Crippen LogP contribution in [0.25, 0.3) is 0 Å². The fourth-order valence-electron chi connectivity index (χ4n) is 1.82. The normalized spacial score (nSPS) is 17.2. The molecule has 0 heterocycles. The number of hydrogen-bond donors (Lipinski definition) is 2. The molecule has 0 aromatic heterocycles. The summed E-state index contributed by atoms with van der Waals surface area (Å²) in [6.07, 6.45) is 2.07. The summed E-state index contributed by atoms with van der Waals surface area (Å²) in [5, 5.41) is 12.0. The zero-order valence-electron chi connectivity index (χ0n) is 8.79. The first-order valence-electron chi connectivity index (χ1n) is 5.15. The van der Waals surface area contributed by atoms with Gasteiger partial charge in [-0.2, -0.15) is 0 Å². The van der Waals surface area contributed by atoms with Crippen molar-refractivity contribution in [2.24, 2.45) is 0 Å². The molecule has 0 radical (unpaired) electrons. The van der Waals surface area contributed by atoms with E-state index in [1.54, 1.807) is 0 Å². The summed E-state index contributed by atoms with van der Waals surface area (Å²) in [7, 11) is 0. The van der Waals surface area contributed by atoms with Gasteiger partial charge in [-0.3, -0.25) is 4.79 Å². The summed E-state index contributed by atoms with van der Waals surface area (Å²) in [6, 6.07) is 7.73. The molecule has 0 bridgehead atoms. The van der Waals surface area contributed by atoms with Gasteiger partial charge in [-0.25, -0.2) is 0 Å². The van der Waals surface area contributed by atoms with Crippen molar-refractivity contribution in [2.45, 2.75) is 25.2 Å². The number of anilines is 1. The van der Waals surface area contributed by atoms with Gasteiger partial charge in [-0.15, -0.1) is 0 Å². The largest absolute Gasteiger partial charge is 0.395 e. The van der Waals surface area contributed by atoms with Crippen molar-refractivity contribution in [3.05, 3.63) is 29.8 Å². The summed E-state index contributed by atoms with van der Waals surface area (Å²) in [5.74, 6) is -0.0685. The molecule has 1 fully saturated rings. The second-order valence-electron chi connectivity index (χ2n) is 4.20. The third kappa shape index (κ3) is 2.02. The van der Waals surface area contributed by atoms with E-state index in [0.29, 0.717) is 0 Å². The van der Waals surface area contributed by atoms with Crippen molar-refractivity contribution in [1.29, 1.82) is 0 Å². The number of nitrogens with one attached hydrogen (secondary N) is 1. The van der Waals surface area contributed by atoms with Crippen LogP contribution in [0.4, 0.5) is 5.69 Å². The van der Waals surface area contributed by atoms with Crippen LogP contribution < -0.4 is 5.32 Å². The molecule has 1 aromatic rings. The van der Waals surface area contributed by atoms with E-state index >= 15 is 0 Å². The van der Waals surface area contributed by atoms with Crippen LogP contribution >= 0.6 is 0 Å². The predicted molar refractivity (Wildman–Crippen MR) is 58.7 cm³/mol. The van der Waals surface area contributed by atoms with Crippen molar-refractivity contribution in [2.75, 3.05) is 11.9 Å². The maximum Gasteiger partial charge on any atom is 0.221 e. The summed E-state index contributed by atoms with van der Waals surface area (Å²) >= 11 is 0. The number of hydrogen-bond acceptors (Lipinski definition) is 2. The Hall–Kier alpha value is -1.35. The van der Waals surface area contributed by atoms with Gasteiger partial charge in [0, 0.05) is 18.0 Å². The molecule has 1 aliphatic rings. The Morgan fingerprint density at radius 1 is 1.53 bits per heavy atom. The number of aliphatic hydroxyl groups is 1. The molecule has 0 atom stereocenters. The highest BCUT2D eigenvalue weighted by atomic mass is 16.3. The molecule has 0 aliphatic heterocycles. The maximum atomic E-state index is 10.9. The fourth-order valence-corrected chi connectivity index (χ4v) is 1.82. The minimum Gasteiger partial charge on any atom is -0.395 e. The smallest absolute Gasteiger partial charge is 0.221 e. The zero-order valence-corrected chi connectivity index (χ0v) is 8.79. The quantitative estimate of drug-likeness (QED) is 0.788. The number of carbonyl (C=O) groups excluding carboxylic acids is 1. The molecule has 2 rings (SSSR count). The molecule has 3 heteroatoms. The van der Waals surface area contributed by atoms with Gasteiger partial charge in [0.2, 0.25) is 5.91 Å². The van der Waals surface area contributed by atoms with Crippen LogP contribution in [-0.4, -0.2) is 17.6 Å². The first-order chi connectivity index (χ1) is 7.16. The third-order valence-electron chi connectivity index (χ3n) is 2.95. The van der Waals surface area contributed by atoms with E-state index in [2.05, 4.69) is 5.32 Å². The van der Waals surface area contributed by atoms with Gasteiger partial charge >= 0.3 is 0 Å². The summed E-state index contributed by atoms with van der Waals surface area (Å²) in [4.78, 5) is 10.9. The lowest BCUT2D eigenvalue weighted by molar-refractivity contribution is -0.114. The molecule has 1 aliphatic carbocycles. The van der Waals surface area contributed by atoms with Crippen molar-refractivity contribution >= 4 is 11.6 Å². The van der Waals surface area contributed by atoms with E-state index in [0.717, 1.165) is 24.1 Å². The van der Waals surface area contributed by atoms with Gasteiger partial charge in [0.05, 0.1) is 6.61 Å². The number of benzene rings is 1. The van der Waals surface area contributed by atoms with E-state index in [4.69, 9.17) is 0 Å². The van der Waals surface area contributed by atoms with Crippen molar-refractivity contribution in [3.63, 3.8) is 0 Å². The molecule has 1 saturated carbocycles. The van der Waals surface area contributed by atoms with Crippen LogP contribution in [0, 0.1) is 0 Å². The number of rotatable bonds is 3. The van der Waals surface area contributed by atoms with Crippen LogP contribution in [0.1, 0.15) is 25.3 Å². The molecule has 3 nitrogen and oxygen atoms in total. The van der Waals surface area contributed by atoms with Gasteiger partial charge < -0.3 is 10.4 Å². The first-order valence-corrected chi connectivity index (χ1v) is 5.15. The van der Waals surface area contributed by atoms with E-state index in [9.17, 15) is 9.90 Å². The molecular weight excluding hydrogens is 190 g/mol. The Bertz CT molecular complexity index is 383. The Balaban J connectivity index is 2.23. The second kappa shape index (κ2) is 3.66. The molecule has 0 spiro atoms. The van der Waals surface area contributed by atoms with Crippen molar-refractivity contribution < 1.29 is 9.90 Å². The van der Waals surface area contributed by atoms with Gasteiger partial charge in [0.25, 0.3) is 0 Å². The van der Waals surface area contributed by atoms with Gasteiger partial charge in [0.15, 0.2) is 0 Å². The fraction of sp³-hybridized carbons (Fsp3) is 0.417.